The van der Waals surface area contributed by atoms with Crippen molar-refractivity contribution in [3.63, 3.8) is 0 Å². The van der Waals surface area contributed by atoms with Crippen molar-refractivity contribution in [2.75, 3.05) is 64.9 Å². The lowest BCUT2D eigenvalue weighted by Crippen LogP contribution is -2.51. The van der Waals surface area contributed by atoms with E-state index in [4.69, 9.17) is 0 Å². The first-order valence-electron chi connectivity index (χ1n) is 17.3. The van der Waals surface area contributed by atoms with Crippen LogP contribution in [0.25, 0.3) is 0 Å². The lowest BCUT2D eigenvalue weighted by Gasteiger charge is -2.38. The van der Waals surface area contributed by atoms with Crippen LogP contribution < -0.4 is 0 Å². The molecule has 0 N–H and O–H groups in total. The average molecular weight is 691 g/mol. The minimum atomic E-state index is -3.38. The molecular formula is C32H62N6O6S2. The van der Waals surface area contributed by atoms with Crippen LogP contribution in [0.5, 0.6) is 0 Å². The molecule has 0 spiro atoms. The van der Waals surface area contributed by atoms with Crippen molar-refractivity contribution in [3.05, 3.63) is 0 Å². The summed E-state index contributed by atoms with van der Waals surface area (Å²) in [5, 5.41) is 0. The number of rotatable bonds is 10. The Morgan fingerprint density at radius 3 is 1.50 bits per heavy atom. The van der Waals surface area contributed by atoms with E-state index < -0.39 is 32.1 Å². The number of hydrogen-bond acceptors (Lipinski definition) is 8. The molecule has 4 saturated heterocycles. The summed E-state index contributed by atoms with van der Waals surface area (Å²) in [5.74, 6) is 0.0287. The van der Waals surface area contributed by atoms with E-state index in [2.05, 4.69) is 37.5 Å². The maximum Gasteiger partial charge on any atom is 0.241 e. The third-order valence-electron chi connectivity index (χ3n) is 10.8. The van der Waals surface area contributed by atoms with Gasteiger partial charge in [0.2, 0.25) is 31.9 Å². The second-order valence-electron chi connectivity index (χ2n) is 14.7. The van der Waals surface area contributed by atoms with Gasteiger partial charge in [0.25, 0.3) is 0 Å². The Morgan fingerprint density at radius 1 is 0.674 bits per heavy atom. The number of likely N-dealkylation sites (N-methyl/N-ethyl adjacent to an activating group) is 2. The molecule has 0 aromatic heterocycles. The predicted molar refractivity (Wildman–Crippen MR) is 183 cm³/mol. The fourth-order valence-electron chi connectivity index (χ4n) is 7.63. The van der Waals surface area contributed by atoms with E-state index in [9.17, 15) is 26.4 Å². The molecule has 46 heavy (non-hydrogen) atoms. The van der Waals surface area contributed by atoms with Crippen LogP contribution in [0.1, 0.15) is 87.5 Å². The SMILES string of the molecule is CCS(=O)(=O)N(C)C1C(=O)N(C2CCN(C(C)C)CC2)CC1(C)C.CCS(=O)(=O)N(C)C1CCN(C2CCN(C(C)C)CC2)C1=O. The average Bonchev–Trinajstić information content (AvgIpc) is 3.51. The van der Waals surface area contributed by atoms with Gasteiger partial charge in [-0.3, -0.25) is 9.59 Å². The van der Waals surface area contributed by atoms with Crippen LogP contribution >= 0.6 is 0 Å². The maximum absolute atomic E-state index is 13.0. The van der Waals surface area contributed by atoms with Crippen molar-refractivity contribution in [3.8, 4) is 0 Å². The molecule has 14 heteroatoms. The highest BCUT2D eigenvalue weighted by Gasteiger charge is 2.52. The number of amides is 2. The summed E-state index contributed by atoms with van der Waals surface area (Å²) in [5.41, 5.74) is -0.372. The van der Waals surface area contributed by atoms with Gasteiger partial charge in [-0.05, 0) is 73.6 Å². The molecule has 4 heterocycles. The quantitative estimate of drug-likeness (QED) is 0.342. The Morgan fingerprint density at radius 2 is 1.09 bits per heavy atom. The van der Waals surface area contributed by atoms with Gasteiger partial charge in [0.15, 0.2) is 0 Å². The zero-order valence-corrected chi connectivity index (χ0v) is 31.7. The lowest BCUT2D eigenvalue weighted by molar-refractivity contribution is -0.134. The van der Waals surface area contributed by atoms with Crippen LogP contribution in [-0.4, -0.2) is 158 Å². The molecular weight excluding hydrogens is 629 g/mol. The van der Waals surface area contributed by atoms with E-state index in [1.165, 1.54) is 15.7 Å². The van der Waals surface area contributed by atoms with Crippen molar-refractivity contribution in [1.82, 2.24) is 28.2 Å². The van der Waals surface area contributed by atoms with Gasteiger partial charge >= 0.3 is 0 Å². The molecule has 4 rings (SSSR count). The highest BCUT2D eigenvalue weighted by Crippen LogP contribution is 2.38. The van der Waals surface area contributed by atoms with Gasteiger partial charge in [-0.1, -0.05) is 13.8 Å². The largest absolute Gasteiger partial charge is 0.338 e. The standard InChI is InChI=1S/C17H33N3O3S.C15H29N3O3S/c1-7-24(22,23)18(6)15-16(21)20(12-17(15,4)5)14-8-10-19(11-9-14)13(2)3;1-5-22(20,21)16(4)14-8-11-18(15(14)19)13-6-9-17(10-7-13)12(2)3/h13-15H,7-12H2,1-6H3;12-14H,5-11H2,1-4H3. The Hall–Kier alpha value is -1.32. The van der Waals surface area contributed by atoms with E-state index in [1.54, 1.807) is 20.9 Å². The van der Waals surface area contributed by atoms with E-state index in [1.807, 2.05) is 23.6 Å². The van der Waals surface area contributed by atoms with Crippen molar-refractivity contribution < 1.29 is 26.4 Å². The maximum atomic E-state index is 13.0. The molecule has 0 aromatic carbocycles. The summed E-state index contributed by atoms with van der Waals surface area (Å²) in [4.78, 5) is 34.4. The molecule has 4 aliphatic heterocycles. The normalized spacial score (nSPS) is 26.2. The second kappa shape index (κ2) is 15.5. The van der Waals surface area contributed by atoms with E-state index >= 15 is 0 Å². The molecule has 0 aromatic rings. The summed E-state index contributed by atoms with van der Waals surface area (Å²) in [6.45, 7) is 21.4. The summed E-state index contributed by atoms with van der Waals surface area (Å²) in [7, 11) is -3.61. The number of carbonyl (C=O) groups excluding carboxylic acids is 2. The monoisotopic (exact) mass is 690 g/mol. The third-order valence-corrected chi connectivity index (χ3v) is 14.5. The van der Waals surface area contributed by atoms with Gasteiger partial charge in [-0.2, -0.15) is 8.61 Å². The number of hydrogen-bond donors (Lipinski definition) is 0. The van der Waals surface area contributed by atoms with Gasteiger partial charge in [0, 0.05) is 82.9 Å². The molecule has 0 radical (unpaired) electrons. The minimum Gasteiger partial charge on any atom is -0.338 e. The topological polar surface area (TPSA) is 122 Å². The molecule has 4 aliphatic rings. The van der Waals surface area contributed by atoms with Crippen LogP contribution in [0, 0.1) is 5.41 Å². The first kappa shape index (κ1) is 39.1. The fourth-order valence-corrected chi connectivity index (χ4v) is 9.72. The first-order valence-corrected chi connectivity index (χ1v) is 20.5. The predicted octanol–water partition coefficient (Wildman–Crippen LogP) is 2.12. The molecule has 268 valence electrons. The summed E-state index contributed by atoms with van der Waals surface area (Å²) >= 11 is 0. The Balaban J connectivity index is 0.000000251. The number of nitrogens with zero attached hydrogens (tertiary/aromatic N) is 6. The number of piperidine rings is 2. The number of carbonyl (C=O) groups is 2. The number of sulfonamides is 2. The zero-order chi connectivity index (χ0) is 34.8. The second-order valence-corrected chi connectivity index (χ2v) is 19.4. The van der Waals surface area contributed by atoms with Gasteiger partial charge in [-0.25, -0.2) is 16.8 Å². The van der Waals surface area contributed by atoms with E-state index in [0.717, 1.165) is 51.9 Å². The Bertz CT molecular complexity index is 1260. The molecule has 2 unspecified atom stereocenters. The van der Waals surface area contributed by atoms with Gasteiger partial charge in [0.05, 0.1) is 11.5 Å². The van der Waals surface area contributed by atoms with Crippen LogP contribution in [-0.2, 0) is 29.6 Å². The summed E-state index contributed by atoms with van der Waals surface area (Å²) in [6, 6.07) is 0.479. The summed E-state index contributed by atoms with van der Waals surface area (Å²) in [6.07, 6.45) is 4.52. The minimum absolute atomic E-state index is 0.0116. The molecule has 0 saturated carbocycles. The lowest BCUT2D eigenvalue weighted by atomic mass is 9.87. The van der Waals surface area contributed by atoms with Crippen molar-refractivity contribution in [2.24, 2.45) is 5.41 Å². The Kier molecular flexibility index (Phi) is 13.2. The Labute approximate surface area is 279 Å². The van der Waals surface area contributed by atoms with E-state index in [-0.39, 0.29) is 40.8 Å². The fraction of sp³-hybridized carbons (Fsp3) is 0.938. The first-order chi connectivity index (χ1) is 21.3. The smallest absolute Gasteiger partial charge is 0.241 e. The van der Waals surface area contributed by atoms with Gasteiger partial charge in [-0.15, -0.1) is 0 Å². The molecule has 12 nitrogen and oxygen atoms in total. The molecule has 0 bridgehead atoms. The van der Waals surface area contributed by atoms with Crippen LogP contribution in [0.15, 0.2) is 0 Å². The molecule has 2 amide bonds. The number of likely N-dealkylation sites (tertiary alicyclic amines) is 4. The van der Waals surface area contributed by atoms with Crippen LogP contribution in [0.2, 0.25) is 0 Å². The molecule has 0 aliphatic carbocycles. The van der Waals surface area contributed by atoms with Crippen molar-refractivity contribution in [2.45, 2.75) is 124 Å². The summed E-state index contributed by atoms with van der Waals surface area (Å²) < 4.78 is 51.1. The molecule has 4 fully saturated rings. The van der Waals surface area contributed by atoms with Gasteiger partial charge < -0.3 is 19.6 Å². The van der Waals surface area contributed by atoms with E-state index in [0.29, 0.717) is 31.6 Å². The zero-order valence-electron chi connectivity index (χ0n) is 30.1. The third kappa shape index (κ3) is 8.63. The highest BCUT2D eigenvalue weighted by molar-refractivity contribution is 7.89. The van der Waals surface area contributed by atoms with Crippen molar-refractivity contribution >= 4 is 31.9 Å². The van der Waals surface area contributed by atoms with Crippen molar-refractivity contribution in [1.29, 1.82) is 0 Å². The highest BCUT2D eigenvalue weighted by atomic mass is 32.2. The van der Waals surface area contributed by atoms with Crippen LogP contribution in [0.4, 0.5) is 0 Å². The molecule has 2 atom stereocenters. The van der Waals surface area contributed by atoms with Crippen LogP contribution in [0.3, 0.4) is 0 Å². The van der Waals surface area contributed by atoms with Gasteiger partial charge in [0.1, 0.15) is 12.1 Å².